The highest BCUT2D eigenvalue weighted by molar-refractivity contribution is 6.53. The molecule has 0 radical (unpaired) electrons. The van der Waals surface area contributed by atoms with Gasteiger partial charge >= 0.3 is 0 Å². The molecule has 1 N–H and O–H groups in total. The number of hydrogen-bond acceptors (Lipinski definition) is 3. The standard InChI is InChI=1S/C8H13Cl2NO3/c1-2-8(3-13-5-14-4-8)11-7(12)6(9)10/h6H,2-5H2,1H3,(H,11,12). The average Bonchev–Trinajstić information content (AvgIpc) is 2.19. The van der Waals surface area contributed by atoms with Crippen molar-refractivity contribution >= 4 is 29.1 Å². The lowest BCUT2D eigenvalue weighted by Gasteiger charge is -2.36. The van der Waals surface area contributed by atoms with E-state index in [2.05, 4.69) is 5.32 Å². The molecule has 1 aliphatic rings. The Bertz CT molecular complexity index is 205. The molecule has 0 bridgehead atoms. The van der Waals surface area contributed by atoms with E-state index in [0.717, 1.165) is 0 Å². The number of nitrogens with one attached hydrogen (secondary N) is 1. The average molecular weight is 242 g/mol. The molecule has 1 fully saturated rings. The summed E-state index contributed by atoms with van der Waals surface area (Å²) in [6, 6.07) is 0. The zero-order valence-corrected chi connectivity index (χ0v) is 9.40. The molecular formula is C8H13Cl2NO3. The normalized spacial score (nSPS) is 20.9. The Hall–Kier alpha value is -0.0300. The second-order valence-corrected chi connectivity index (χ2v) is 4.33. The number of carbonyl (C=O) groups is 1. The van der Waals surface area contributed by atoms with E-state index in [4.69, 9.17) is 32.7 Å². The first-order chi connectivity index (χ1) is 6.59. The van der Waals surface area contributed by atoms with Crippen LogP contribution in [0.1, 0.15) is 13.3 Å². The van der Waals surface area contributed by atoms with Crippen molar-refractivity contribution in [2.24, 2.45) is 0 Å². The zero-order chi connectivity index (χ0) is 10.6. The van der Waals surface area contributed by atoms with Crippen LogP contribution in [0.3, 0.4) is 0 Å². The Balaban J connectivity index is 2.56. The van der Waals surface area contributed by atoms with Crippen molar-refractivity contribution in [3.05, 3.63) is 0 Å². The molecular weight excluding hydrogens is 229 g/mol. The van der Waals surface area contributed by atoms with Gasteiger partial charge in [0.25, 0.3) is 5.91 Å². The van der Waals surface area contributed by atoms with Crippen LogP contribution < -0.4 is 5.32 Å². The van der Waals surface area contributed by atoms with Crippen molar-refractivity contribution in [3.63, 3.8) is 0 Å². The number of alkyl halides is 2. The maximum atomic E-state index is 11.3. The van der Waals surface area contributed by atoms with Gasteiger partial charge in [-0.05, 0) is 6.42 Å². The summed E-state index contributed by atoms with van der Waals surface area (Å²) in [5.41, 5.74) is -0.489. The van der Waals surface area contributed by atoms with Crippen LogP contribution in [-0.4, -0.2) is 36.3 Å². The number of halogens is 2. The summed E-state index contributed by atoms with van der Waals surface area (Å²) in [7, 11) is 0. The van der Waals surface area contributed by atoms with Crippen LogP contribution >= 0.6 is 23.2 Å². The molecule has 6 heteroatoms. The molecule has 0 unspecified atom stereocenters. The lowest BCUT2D eigenvalue weighted by molar-refractivity contribution is -0.152. The number of rotatable bonds is 3. The summed E-state index contributed by atoms with van der Waals surface area (Å²) in [6.45, 7) is 3.06. The third kappa shape index (κ3) is 2.98. The van der Waals surface area contributed by atoms with E-state index in [1.165, 1.54) is 0 Å². The van der Waals surface area contributed by atoms with Crippen LogP contribution in [-0.2, 0) is 14.3 Å². The van der Waals surface area contributed by atoms with Gasteiger partial charge in [0.1, 0.15) is 6.79 Å². The monoisotopic (exact) mass is 241 g/mol. The van der Waals surface area contributed by atoms with E-state index < -0.39 is 16.3 Å². The minimum atomic E-state index is -1.06. The SMILES string of the molecule is CCC1(NC(=O)C(Cl)Cl)COCOC1. The van der Waals surface area contributed by atoms with Gasteiger partial charge in [0.2, 0.25) is 0 Å². The molecule has 1 rings (SSSR count). The van der Waals surface area contributed by atoms with Crippen LogP contribution in [0.25, 0.3) is 0 Å². The molecule has 14 heavy (non-hydrogen) atoms. The first kappa shape index (κ1) is 12.0. The van der Waals surface area contributed by atoms with Gasteiger partial charge in [-0.1, -0.05) is 30.1 Å². The highest BCUT2D eigenvalue weighted by atomic mass is 35.5. The third-order valence-electron chi connectivity index (χ3n) is 2.19. The van der Waals surface area contributed by atoms with Crippen molar-refractivity contribution in [1.29, 1.82) is 0 Å². The molecule has 0 aromatic heterocycles. The van der Waals surface area contributed by atoms with Gasteiger partial charge < -0.3 is 14.8 Å². The fraction of sp³-hybridized carbons (Fsp3) is 0.875. The zero-order valence-electron chi connectivity index (χ0n) is 7.89. The van der Waals surface area contributed by atoms with E-state index in [1.807, 2.05) is 6.92 Å². The minimum absolute atomic E-state index is 0.267. The number of carbonyl (C=O) groups excluding carboxylic acids is 1. The molecule has 1 heterocycles. The van der Waals surface area contributed by atoms with Gasteiger partial charge in [0, 0.05) is 0 Å². The summed E-state index contributed by atoms with van der Waals surface area (Å²) in [6.07, 6.45) is 0.708. The van der Waals surface area contributed by atoms with Crippen LogP contribution in [0.2, 0.25) is 0 Å². The molecule has 0 spiro atoms. The van der Waals surface area contributed by atoms with Crippen molar-refractivity contribution in [1.82, 2.24) is 5.32 Å². The fourth-order valence-corrected chi connectivity index (χ4v) is 1.36. The highest BCUT2D eigenvalue weighted by Crippen LogP contribution is 2.17. The summed E-state index contributed by atoms with van der Waals surface area (Å²) >= 11 is 10.9. The second-order valence-electron chi connectivity index (χ2n) is 3.24. The molecule has 0 atom stereocenters. The Morgan fingerprint density at radius 2 is 2.07 bits per heavy atom. The predicted molar refractivity (Wildman–Crippen MR) is 53.4 cm³/mol. The second kappa shape index (κ2) is 5.16. The van der Waals surface area contributed by atoms with Crippen molar-refractivity contribution in [2.75, 3.05) is 20.0 Å². The molecule has 0 aromatic rings. The van der Waals surface area contributed by atoms with Crippen molar-refractivity contribution in [3.8, 4) is 0 Å². The molecule has 82 valence electrons. The van der Waals surface area contributed by atoms with Crippen LogP contribution in [0.15, 0.2) is 0 Å². The number of hydrogen-bond donors (Lipinski definition) is 1. The van der Waals surface area contributed by atoms with Gasteiger partial charge in [-0.15, -0.1) is 0 Å². The Morgan fingerprint density at radius 1 is 1.50 bits per heavy atom. The summed E-state index contributed by atoms with van der Waals surface area (Å²) in [5.74, 6) is -0.413. The van der Waals surface area contributed by atoms with E-state index >= 15 is 0 Å². The Labute approximate surface area is 92.8 Å². The Kier molecular flexibility index (Phi) is 4.44. The fourth-order valence-electron chi connectivity index (χ4n) is 1.26. The first-order valence-electron chi connectivity index (χ1n) is 4.35. The largest absolute Gasteiger partial charge is 0.353 e. The first-order valence-corrected chi connectivity index (χ1v) is 5.22. The molecule has 0 aromatic carbocycles. The van der Waals surface area contributed by atoms with E-state index in [0.29, 0.717) is 19.6 Å². The predicted octanol–water partition coefficient (Wildman–Crippen LogP) is 1.06. The molecule has 1 amide bonds. The molecule has 4 nitrogen and oxygen atoms in total. The van der Waals surface area contributed by atoms with Gasteiger partial charge in [-0.25, -0.2) is 0 Å². The summed E-state index contributed by atoms with van der Waals surface area (Å²) < 4.78 is 10.3. The summed E-state index contributed by atoms with van der Waals surface area (Å²) in [5, 5.41) is 2.73. The van der Waals surface area contributed by atoms with E-state index in [-0.39, 0.29) is 6.79 Å². The molecule has 1 aliphatic heterocycles. The highest BCUT2D eigenvalue weighted by Gasteiger charge is 2.34. The lowest BCUT2D eigenvalue weighted by Crippen LogP contribution is -2.58. The van der Waals surface area contributed by atoms with Gasteiger partial charge in [0.15, 0.2) is 4.84 Å². The third-order valence-corrected chi connectivity index (χ3v) is 2.58. The number of ether oxygens (including phenoxy) is 2. The number of amides is 1. The van der Waals surface area contributed by atoms with E-state index in [9.17, 15) is 4.79 Å². The quantitative estimate of drug-likeness (QED) is 0.753. The van der Waals surface area contributed by atoms with Crippen molar-refractivity contribution < 1.29 is 14.3 Å². The van der Waals surface area contributed by atoms with Crippen LogP contribution in [0, 0.1) is 0 Å². The van der Waals surface area contributed by atoms with Gasteiger partial charge in [-0.3, -0.25) is 4.79 Å². The Morgan fingerprint density at radius 3 is 2.50 bits per heavy atom. The smallest absolute Gasteiger partial charge is 0.253 e. The minimum Gasteiger partial charge on any atom is -0.353 e. The van der Waals surface area contributed by atoms with E-state index in [1.54, 1.807) is 0 Å². The van der Waals surface area contributed by atoms with Crippen LogP contribution in [0.5, 0.6) is 0 Å². The summed E-state index contributed by atoms with van der Waals surface area (Å²) in [4.78, 5) is 10.2. The molecule has 0 aliphatic carbocycles. The molecule has 0 saturated carbocycles. The molecule has 1 saturated heterocycles. The maximum Gasteiger partial charge on any atom is 0.253 e. The lowest BCUT2D eigenvalue weighted by atomic mass is 9.98. The van der Waals surface area contributed by atoms with Crippen molar-refractivity contribution in [2.45, 2.75) is 23.7 Å². The topological polar surface area (TPSA) is 47.6 Å². The van der Waals surface area contributed by atoms with Gasteiger partial charge in [0.05, 0.1) is 18.8 Å². The maximum absolute atomic E-state index is 11.3. The van der Waals surface area contributed by atoms with Gasteiger partial charge in [-0.2, -0.15) is 0 Å². The van der Waals surface area contributed by atoms with Crippen LogP contribution in [0.4, 0.5) is 0 Å².